The van der Waals surface area contributed by atoms with Crippen LogP contribution in [-0.2, 0) is 13.0 Å². The highest BCUT2D eigenvalue weighted by molar-refractivity contribution is 6.13. The fraction of sp³-hybridized carbons (Fsp3) is 0.174. The van der Waals surface area contributed by atoms with Crippen LogP contribution < -0.4 is 0 Å². The molecule has 1 aliphatic heterocycles. The lowest BCUT2D eigenvalue weighted by molar-refractivity contribution is 0.0849. The van der Waals surface area contributed by atoms with Crippen LogP contribution in [-0.4, -0.2) is 28.5 Å². The summed E-state index contributed by atoms with van der Waals surface area (Å²) in [6, 6.07) is 24.9. The Morgan fingerprint density at radius 3 is 2.04 bits per heavy atom. The fourth-order valence-electron chi connectivity index (χ4n) is 4.14. The zero-order valence-corrected chi connectivity index (χ0v) is 14.6. The molecule has 0 atom stereocenters. The number of benzene rings is 3. The van der Waals surface area contributed by atoms with Crippen LogP contribution in [0, 0.1) is 0 Å². The number of fused-ring (bicyclic) bond motifs is 4. The molecule has 0 N–H and O–H groups in total. The number of hydrogen-bond donors (Lipinski definition) is 0. The van der Waals surface area contributed by atoms with E-state index in [9.17, 15) is 4.79 Å². The van der Waals surface area contributed by atoms with E-state index in [1.807, 2.05) is 41.0 Å². The van der Waals surface area contributed by atoms with Crippen LogP contribution in [0.2, 0.25) is 0 Å². The maximum absolute atomic E-state index is 13.2. The summed E-state index contributed by atoms with van der Waals surface area (Å²) in [6.07, 6.45) is 1.01. The molecule has 128 valence electrons. The number of rotatable bonds is 2. The summed E-state index contributed by atoms with van der Waals surface area (Å²) in [5.74, 6) is 0.141. The summed E-state index contributed by atoms with van der Waals surface area (Å²) >= 11 is 0. The van der Waals surface area contributed by atoms with E-state index in [0.29, 0.717) is 6.54 Å². The third-order valence-corrected chi connectivity index (χ3v) is 5.40. The van der Waals surface area contributed by atoms with Gasteiger partial charge in [-0.2, -0.15) is 0 Å². The molecule has 0 unspecified atom stereocenters. The summed E-state index contributed by atoms with van der Waals surface area (Å²) in [5.41, 5.74) is 4.74. The van der Waals surface area contributed by atoms with E-state index in [1.54, 1.807) is 0 Å². The molecule has 0 amide bonds. The summed E-state index contributed by atoms with van der Waals surface area (Å²) in [7, 11) is 0. The fourth-order valence-corrected chi connectivity index (χ4v) is 4.14. The van der Waals surface area contributed by atoms with Crippen molar-refractivity contribution in [1.82, 2.24) is 9.47 Å². The molecule has 3 heteroatoms. The number of carbonyl (C=O) groups is 1. The average molecular weight is 340 g/mol. The highest BCUT2D eigenvalue weighted by Gasteiger charge is 2.21. The van der Waals surface area contributed by atoms with E-state index in [-0.39, 0.29) is 5.91 Å². The van der Waals surface area contributed by atoms with Crippen molar-refractivity contribution in [3.8, 4) is 0 Å². The number of hydrogen-bond acceptors (Lipinski definition) is 2. The molecule has 0 saturated heterocycles. The lowest BCUT2D eigenvalue weighted by Crippen LogP contribution is -2.36. The van der Waals surface area contributed by atoms with Crippen molar-refractivity contribution in [2.24, 2.45) is 0 Å². The Labute approximate surface area is 152 Å². The van der Waals surface area contributed by atoms with Gasteiger partial charge < -0.3 is 0 Å². The van der Waals surface area contributed by atoms with E-state index >= 15 is 0 Å². The van der Waals surface area contributed by atoms with E-state index < -0.39 is 0 Å². The molecule has 3 nitrogen and oxygen atoms in total. The predicted molar refractivity (Wildman–Crippen MR) is 105 cm³/mol. The van der Waals surface area contributed by atoms with Crippen LogP contribution >= 0.6 is 0 Å². The Balaban J connectivity index is 1.51. The van der Waals surface area contributed by atoms with Crippen molar-refractivity contribution >= 4 is 27.7 Å². The first-order valence-corrected chi connectivity index (χ1v) is 9.12. The van der Waals surface area contributed by atoms with Gasteiger partial charge in [0.05, 0.1) is 17.6 Å². The van der Waals surface area contributed by atoms with E-state index in [2.05, 4.69) is 41.3 Å². The molecule has 0 saturated carbocycles. The second-order valence-corrected chi connectivity index (χ2v) is 6.99. The molecule has 5 rings (SSSR count). The molecule has 0 radical (unpaired) electrons. The highest BCUT2D eigenvalue weighted by Crippen LogP contribution is 2.29. The number of aromatic nitrogens is 1. The van der Waals surface area contributed by atoms with Gasteiger partial charge in [-0.05, 0) is 29.7 Å². The SMILES string of the molecule is O=C(CN1CCc2ccccc2C1)n1c2ccccc2c2ccccc21. The lowest BCUT2D eigenvalue weighted by atomic mass is 10.00. The summed E-state index contributed by atoms with van der Waals surface area (Å²) in [4.78, 5) is 15.5. The minimum Gasteiger partial charge on any atom is -0.290 e. The van der Waals surface area contributed by atoms with Crippen molar-refractivity contribution in [2.75, 3.05) is 13.1 Å². The Bertz CT molecular complexity index is 1070. The van der Waals surface area contributed by atoms with Gasteiger partial charge in [0.25, 0.3) is 0 Å². The molecule has 0 spiro atoms. The van der Waals surface area contributed by atoms with E-state index in [0.717, 1.165) is 41.3 Å². The summed E-state index contributed by atoms with van der Waals surface area (Å²) < 4.78 is 1.89. The highest BCUT2D eigenvalue weighted by atomic mass is 16.2. The quantitative estimate of drug-likeness (QED) is 0.537. The van der Waals surface area contributed by atoms with Gasteiger partial charge in [0.1, 0.15) is 0 Å². The van der Waals surface area contributed by atoms with Crippen LogP contribution in [0.4, 0.5) is 0 Å². The monoisotopic (exact) mass is 340 g/mol. The second kappa shape index (κ2) is 6.11. The standard InChI is InChI=1S/C23H20N2O/c26-23(16-24-14-13-17-7-1-2-8-18(17)15-24)25-21-11-5-3-9-19(21)20-10-4-6-12-22(20)25/h1-12H,13-16H2. The molecule has 0 bridgehead atoms. The van der Waals surface area contributed by atoms with Gasteiger partial charge in [0.15, 0.2) is 0 Å². The van der Waals surface area contributed by atoms with Crippen LogP contribution in [0.15, 0.2) is 72.8 Å². The second-order valence-electron chi connectivity index (χ2n) is 6.99. The van der Waals surface area contributed by atoms with Crippen molar-refractivity contribution in [3.05, 3.63) is 83.9 Å². The van der Waals surface area contributed by atoms with Crippen molar-refractivity contribution in [1.29, 1.82) is 0 Å². The molecule has 0 fully saturated rings. The van der Waals surface area contributed by atoms with Crippen LogP contribution in [0.1, 0.15) is 15.9 Å². The predicted octanol–water partition coefficient (Wildman–Crippen LogP) is 4.49. The van der Waals surface area contributed by atoms with Gasteiger partial charge in [-0.3, -0.25) is 14.3 Å². The van der Waals surface area contributed by atoms with Crippen LogP contribution in [0.5, 0.6) is 0 Å². The first-order chi connectivity index (χ1) is 12.8. The van der Waals surface area contributed by atoms with Crippen molar-refractivity contribution in [2.45, 2.75) is 13.0 Å². The molecule has 2 heterocycles. The Morgan fingerprint density at radius 1 is 0.769 bits per heavy atom. The molecule has 4 aromatic rings. The number of para-hydroxylation sites is 2. The minimum absolute atomic E-state index is 0.141. The van der Waals surface area contributed by atoms with Gasteiger partial charge >= 0.3 is 0 Å². The maximum Gasteiger partial charge on any atom is 0.245 e. The van der Waals surface area contributed by atoms with E-state index in [4.69, 9.17) is 0 Å². The van der Waals surface area contributed by atoms with Crippen LogP contribution in [0.25, 0.3) is 21.8 Å². The lowest BCUT2D eigenvalue weighted by Gasteiger charge is -2.28. The van der Waals surface area contributed by atoms with Crippen molar-refractivity contribution in [3.63, 3.8) is 0 Å². The summed E-state index contributed by atoms with van der Waals surface area (Å²) in [6.45, 7) is 2.22. The van der Waals surface area contributed by atoms with Crippen LogP contribution in [0.3, 0.4) is 0 Å². The topological polar surface area (TPSA) is 25.2 Å². The molecule has 3 aromatic carbocycles. The normalized spacial score (nSPS) is 14.6. The summed E-state index contributed by atoms with van der Waals surface area (Å²) in [5, 5.41) is 2.28. The molecular weight excluding hydrogens is 320 g/mol. The Kier molecular flexibility index (Phi) is 3.61. The number of carbonyl (C=O) groups excluding carboxylic acids is 1. The molecular formula is C23H20N2O. The molecule has 1 aromatic heterocycles. The van der Waals surface area contributed by atoms with Gasteiger partial charge in [-0.15, -0.1) is 0 Å². The smallest absolute Gasteiger partial charge is 0.245 e. The van der Waals surface area contributed by atoms with Gasteiger partial charge in [-0.1, -0.05) is 60.7 Å². The third kappa shape index (κ3) is 2.44. The molecule has 0 aliphatic carbocycles. The number of nitrogens with zero attached hydrogens (tertiary/aromatic N) is 2. The first-order valence-electron chi connectivity index (χ1n) is 9.12. The Morgan fingerprint density at radius 2 is 1.35 bits per heavy atom. The third-order valence-electron chi connectivity index (χ3n) is 5.40. The Hall–Kier alpha value is -2.91. The molecule has 1 aliphatic rings. The van der Waals surface area contributed by atoms with Gasteiger partial charge in [0, 0.05) is 23.9 Å². The van der Waals surface area contributed by atoms with Gasteiger partial charge in [-0.25, -0.2) is 0 Å². The molecule has 26 heavy (non-hydrogen) atoms. The first kappa shape index (κ1) is 15.4. The zero-order valence-electron chi connectivity index (χ0n) is 14.6. The average Bonchev–Trinajstić information content (AvgIpc) is 3.02. The largest absolute Gasteiger partial charge is 0.290 e. The van der Waals surface area contributed by atoms with Crippen molar-refractivity contribution < 1.29 is 4.79 Å². The zero-order chi connectivity index (χ0) is 17.5. The van der Waals surface area contributed by atoms with Gasteiger partial charge in [0.2, 0.25) is 5.91 Å². The minimum atomic E-state index is 0.141. The maximum atomic E-state index is 13.2. The van der Waals surface area contributed by atoms with E-state index in [1.165, 1.54) is 11.1 Å².